The van der Waals surface area contributed by atoms with Gasteiger partial charge < -0.3 is 30.0 Å². The Bertz CT molecular complexity index is 551. The molecule has 1 aromatic rings. The molecule has 1 amide bonds. The molecule has 1 aromatic carbocycles. The van der Waals surface area contributed by atoms with E-state index in [-0.39, 0.29) is 18.3 Å². The molecule has 25 heavy (non-hydrogen) atoms. The van der Waals surface area contributed by atoms with Crippen LogP contribution < -0.4 is 25.3 Å². The van der Waals surface area contributed by atoms with Crippen LogP contribution >= 0.6 is 12.4 Å². The average molecular weight is 375 g/mol. The summed E-state index contributed by atoms with van der Waals surface area (Å²) in [5.74, 6) is 1.51. The lowest BCUT2D eigenvalue weighted by molar-refractivity contribution is -0.129. The molecule has 2 rings (SSSR count). The number of nitrogens with two attached hydrogens (primary N) is 1. The molecule has 0 aromatic heterocycles. The molecular formula is C17H27ClN2O5. The largest absolute Gasteiger partial charge is 0.493 e. The van der Waals surface area contributed by atoms with Gasteiger partial charge in [0.15, 0.2) is 11.5 Å². The molecule has 0 spiro atoms. The Morgan fingerprint density at radius 1 is 1.24 bits per heavy atom. The number of carbonyl (C=O) groups excluding carboxylic acids is 1. The van der Waals surface area contributed by atoms with Crippen LogP contribution in [0.25, 0.3) is 0 Å². The van der Waals surface area contributed by atoms with Crippen molar-refractivity contribution in [3.8, 4) is 17.2 Å². The number of carbonyl (C=O) groups is 1. The quantitative estimate of drug-likeness (QED) is 0.754. The van der Waals surface area contributed by atoms with Crippen LogP contribution in [0, 0.1) is 0 Å². The second-order valence-corrected chi connectivity index (χ2v) is 5.71. The molecule has 0 bridgehead atoms. The van der Waals surface area contributed by atoms with Gasteiger partial charge in [0.1, 0.15) is 0 Å². The van der Waals surface area contributed by atoms with E-state index in [4.69, 9.17) is 24.7 Å². The second kappa shape index (κ2) is 9.70. The number of hydrogen-bond donors (Lipinski definition) is 2. The number of benzene rings is 1. The molecule has 3 N–H and O–H groups in total. The van der Waals surface area contributed by atoms with Gasteiger partial charge in [0, 0.05) is 19.8 Å². The molecule has 142 valence electrons. The van der Waals surface area contributed by atoms with Crippen molar-refractivity contribution >= 4 is 18.3 Å². The maximum Gasteiger partial charge on any atom is 0.240 e. The van der Waals surface area contributed by atoms with Gasteiger partial charge in [0.05, 0.1) is 26.4 Å². The molecule has 0 saturated carbocycles. The molecule has 1 aliphatic heterocycles. The maximum atomic E-state index is 12.4. The Kier molecular flexibility index (Phi) is 8.28. The van der Waals surface area contributed by atoms with E-state index in [0.717, 1.165) is 5.56 Å². The summed E-state index contributed by atoms with van der Waals surface area (Å²) in [6, 6.07) is 3.64. The topological polar surface area (TPSA) is 92.0 Å². The van der Waals surface area contributed by atoms with Crippen LogP contribution in [0.4, 0.5) is 0 Å². The number of rotatable bonds is 7. The highest BCUT2D eigenvalue weighted by atomic mass is 35.5. The summed E-state index contributed by atoms with van der Waals surface area (Å²) in [7, 11) is 3.13. The first-order valence-corrected chi connectivity index (χ1v) is 8.06. The number of hydrogen-bond acceptors (Lipinski definition) is 6. The zero-order valence-corrected chi connectivity index (χ0v) is 15.7. The van der Waals surface area contributed by atoms with E-state index in [1.54, 1.807) is 14.2 Å². The molecule has 7 nitrogen and oxygen atoms in total. The zero-order valence-electron chi connectivity index (χ0n) is 14.9. The summed E-state index contributed by atoms with van der Waals surface area (Å²) < 4.78 is 21.6. The minimum absolute atomic E-state index is 0. The highest BCUT2D eigenvalue weighted by Crippen LogP contribution is 2.38. The third-order valence-corrected chi connectivity index (χ3v) is 4.10. The van der Waals surface area contributed by atoms with E-state index in [2.05, 4.69) is 5.32 Å². The predicted octanol–water partition coefficient (Wildman–Crippen LogP) is 1.65. The fourth-order valence-electron chi connectivity index (χ4n) is 2.64. The molecule has 1 fully saturated rings. The van der Waals surface area contributed by atoms with Crippen LogP contribution in [0.3, 0.4) is 0 Å². The van der Waals surface area contributed by atoms with Gasteiger partial charge in [-0.25, -0.2) is 0 Å². The monoisotopic (exact) mass is 374 g/mol. The minimum Gasteiger partial charge on any atom is -0.493 e. The van der Waals surface area contributed by atoms with Crippen molar-refractivity contribution in [1.82, 2.24) is 5.32 Å². The molecule has 1 heterocycles. The summed E-state index contributed by atoms with van der Waals surface area (Å²) in [5.41, 5.74) is 6.16. The fraction of sp³-hybridized carbons (Fsp3) is 0.588. The van der Waals surface area contributed by atoms with E-state index in [9.17, 15) is 4.79 Å². The Hall–Kier alpha value is -1.70. The van der Waals surface area contributed by atoms with Crippen LogP contribution in [-0.2, 0) is 16.1 Å². The molecule has 0 radical (unpaired) electrons. The Morgan fingerprint density at radius 3 is 2.28 bits per heavy atom. The van der Waals surface area contributed by atoms with Gasteiger partial charge in [-0.2, -0.15) is 0 Å². The standard InChI is InChI=1S/C17H26N2O5.ClH/c1-4-24-15-13(21-2)9-12(10-14(15)22-3)11-19-16(20)17(18)5-7-23-8-6-17;/h9-10H,4-8,11,18H2,1-3H3,(H,19,20);1H. The van der Waals surface area contributed by atoms with Crippen LogP contribution in [0.2, 0.25) is 0 Å². The van der Waals surface area contributed by atoms with E-state index >= 15 is 0 Å². The van der Waals surface area contributed by atoms with Crippen molar-refractivity contribution in [2.75, 3.05) is 34.0 Å². The molecule has 0 unspecified atom stereocenters. The highest BCUT2D eigenvalue weighted by Gasteiger charge is 2.35. The van der Waals surface area contributed by atoms with Crippen molar-refractivity contribution in [3.05, 3.63) is 17.7 Å². The van der Waals surface area contributed by atoms with E-state index in [1.807, 2.05) is 19.1 Å². The van der Waals surface area contributed by atoms with Crippen LogP contribution in [-0.4, -0.2) is 45.5 Å². The lowest BCUT2D eigenvalue weighted by Crippen LogP contribution is -2.56. The number of amides is 1. The van der Waals surface area contributed by atoms with E-state index in [0.29, 0.717) is 56.5 Å². The summed E-state index contributed by atoms with van der Waals surface area (Å²) in [6.07, 6.45) is 1.05. The summed E-state index contributed by atoms with van der Waals surface area (Å²) in [5, 5.41) is 2.89. The van der Waals surface area contributed by atoms with Crippen LogP contribution in [0.15, 0.2) is 12.1 Å². The van der Waals surface area contributed by atoms with Crippen molar-refractivity contribution in [2.24, 2.45) is 5.73 Å². The van der Waals surface area contributed by atoms with E-state index in [1.165, 1.54) is 0 Å². The van der Waals surface area contributed by atoms with Gasteiger partial charge in [0.25, 0.3) is 0 Å². The Balaban J connectivity index is 0.00000312. The number of nitrogens with one attached hydrogen (secondary N) is 1. The lowest BCUT2D eigenvalue weighted by atomic mass is 9.90. The third-order valence-electron chi connectivity index (χ3n) is 4.10. The molecule has 0 atom stereocenters. The smallest absolute Gasteiger partial charge is 0.240 e. The van der Waals surface area contributed by atoms with Crippen molar-refractivity contribution in [2.45, 2.75) is 31.8 Å². The summed E-state index contributed by atoms with van der Waals surface area (Å²) >= 11 is 0. The lowest BCUT2D eigenvalue weighted by Gasteiger charge is -2.31. The van der Waals surface area contributed by atoms with Crippen LogP contribution in [0.5, 0.6) is 17.2 Å². The highest BCUT2D eigenvalue weighted by molar-refractivity contribution is 5.86. The SMILES string of the molecule is CCOc1c(OC)cc(CNC(=O)C2(N)CCOCC2)cc1OC.Cl. The summed E-state index contributed by atoms with van der Waals surface area (Å²) in [6.45, 7) is 3.74. The van der Waals surface area contributed by atoms with Gasteiger partial charge in [-0.1, -0.05) is 0 Å². The first kappa shape index (κ1) is 21.3. The molecule has 1 saturated heterocycles. The van der Waals surface area contributed by atoms with Gasteiger partial charge in [-0.05, 0) is 37.5 Å². The van der Waals surface area contributed by atoms with Crippen molar-refractivity contribution in [1.29, 1.82) is 0 Å². The molecular weight excluding hydrogens is 348 g/mol. The number of methoxy groups -OCH3 is 2. The summed E-state index contributed by atoms with van der Waals surface area (Å²) in [4.78, 5) is 12.4. The predicted molar refractivity (Wildman–Crippen MR) is 96.8 cm³/mol. The van der Waals surface area contributed by atoms with Gasteiger partial charge in [0.2, 0.25) is 11.7 Å². The average Bonchev–Trinajstić information content (AvgIpc) is 2.60. The normalized spacial score (nSPS) is 15.7. The van der Waals surface area contributed by atoms with Crippen LogP contribution in [0.1, 0.15) is 25.3 Å². The maximum absolute atomic E-state index is 12.4. The number of ether oxygens (including phenoxy) is 4. The first-order chi connectivity index (χ1) is 11.5. The molecule has 8 heteroatoms. The zero-order chi connectivity index (χ0) is 17.6. The third kappa shape index (κ3) is 5.14. The van der Waals surface area contributed by atoms with Gasteiger partial charge >= 0.3 is 0 Å². The van der Waals surface area contributed by atoms with E-state index < -0.39 is 5.54 Å². The molecule has 1 aliphatic rings. The van der Waals surface area contributed by atoms with Gasteiger partial charge in [-0.3, -0.25) is 4.79 Å². The van der Waals surface area contributed by atoms with Gasteiger partial charge in [-0.15, -0.1) is 12.4 Å². The number of halogens is 1. The Morgan fingerprint density at radius 2 is 1.80 bits per heavy atom. The van der Waals surface area contributed by atoms with Crippen molar-refractivity contribution < 1.29 is 23.7 Å². The minimum atomic E-state index is -0.863. The fourth-order valence-corrected chi connectivity index (χ4v) is 2.64. The first-order valence-electron chi connectivity index (χ1n) is 8.06. The molecule has 0 aliphatic carbocycles. The second-order valence-electron chi connectivity index (χ2n) is 5.71. The van der Waals surface area contributed by atoms with Crippen molar-refractivity contribution in [3.63, 3.8) is 0 Å². The Labute approximate surface area is 154 Å².